The van der Waals surface area contributed by atoms with Gasteiger partial charge in [0.25, 0.3) is 5.91 Å². The minimum Gasteiger partial charge on any atom is -0.497 e. The molecule has 1 amide bonds. The number of thiophene rings is 1. The number of rotatable bonds is 4. The summed E-state index contributed by atoms with van der Waals surface area (Å²) in [4.78, 5) is 28.4. The fourth-order valence-electron chi connectivity index (χ4n) is 1.89. The second-order valence-electron chi connectivity index (χ2n) is 4.56. The van der Waals surface area contributed by atoms with E-state index in [-0.39, 0.29) is 11.7 Å². The van der Waals surface area contributed by atoms with E-state index >= 15 is 0 Å². The maximum absolute atomic E-state index is 12.2. The van der Waals surface area contributed by atoms with E-state index in [0.29, 0.717) is 15.6 Å². The maximum Gasteiger partial charge on any atom is 0.258 e. The van der Waals surface area contributed by atoms with Crippen LogP contribution in [-0.4, -0.2) is 23.8 Å². The van der Waals surface area contributed by atoms with Crippen LogP contribution in [0.3, 0.4) is 0 Å². The van der Waals surface area contributed by atoms with Crippen LogP contribution in [0.5, 0.6) is 5.75 Å². The van der Waals surface area contributed by atoms with Gasteiger partial charge < -0.3 is 4.74 Å². The van der Waals surface area contributed by atoms with Crippen LogP contribution in [0.15, 0.2) is 29.6 Å². The highest BCUT2D eigenvalue weighted by molar-refractivity contribution is 7.22. The zero-order valence-electron chi connectivity index (χ0n) is 11.9. The van der Waals surface area contributed by atoms with Crippen LogP contribution < -0.4 is 10.1 Å². The van der Waals surface area contributed by atoms with E-state index in [1.807, 2.05) is 18.2 Å². The van der Waals surface area contributed by atoms with Crippen LogP contribution in [0.1, 0.15) is 27.0 Å². The Morgan fingerprint density at radius 1 is 1.27 bits per heavy atom. The molecule has 2 heterocycles. The van der Waals surface area contributed by atoms with Crippen LogP contribution in [0.25, 0.3) is 10.2 Å². The molecule has 0 radical (unpaired) electrons. The van der Waals surface area contributed by atoms with Gasteiger partial charge in [-0.05, 0) is 31.2 Å². The Labute approximate surface area is 134 Å². The van der Waals surface area contributed by atoms with E-state index in [0.717, 1.165) is 16.0 Å². The van der Waals surface area contributed by atoms with Crippen LogP contribution in [0.4, 0.5) is 5.13 Å². The number of amides is 1. The molecule has 0 aliphatic rings. The first kappa shape index (κ1) is 14.7. The molecule has 0 saturated heterocycles. The van der Waals surface area contributed by atoms with Crippen molar-refractivity contribution in [2.24, 2.45) is 0 Å². The van der Waals surface area contributed by atoms with Crippen molar-refractivity contribution in [3.8, 4) is 5.75 Å². The lowest BCUT2D eigenvalue weighted by Crippen LogP contribution is -2.10. The van der Waals surface area contributed by atoms with E-state index < -0.39 is 0 Å². The number of anilines is 1. The van der Waals surface area contributed by atoms with E-state index in [9.17, 15) is 9.59 Å². The summed E-state index contributed by atoms with van der Waals surface area (Å²) >= 11 is 2.64. The number of benzene rings is 1. The molecule has 2 aromatic heterocycles. The molecule has 7 heteroatoms. The van der Waals surface area contributed by atoms with Crippen molar-refractivity contribution >= 4 is 49.7 Å². The van der Waals surface area contributed by atoms with E-state index in [1.54, 1.807) is 18.6 Å². The molecule has 5 nitrogen and oxygen atoms in total. The highest BCUT2D eigenvalue weighted by Crippen LogP contribution is 2.29. The number of aromatic nitrogens is 1. The van der Waals surface area contributed by atoms with Gasteiger partial charge in [0.15, 0.2) is 10.9 Å². The van der Waals surface area contributed by atoms with Gasteiger partial charge in [0.05, 0.1) is 27.8 Å². The van der Waals surface area contributed by atoms with Crippen molar-refractivity contribution in [1.29, 1.82) is 0 Å². The van der Waals surface area contributed by atoms with E-state index in [1.165, 1.54) is 29.6 Å². The number of ketones is 1. The van der Waals surface area contributed by atoms with Gasteiger partial charge in [-0.3, -0.25) is 14.9 Å². The average Bonchev–Trinajstić information content (AvgIpc) is 3.12. The smallest absolute Gasteiger partial charge is 0.258 e. The zero-order chi connectivity index (χ0) is 15.7. The Kier molecular flexibility index (Phi) is 3.91. The topological polar surface area (TPSA) is 68.3 Å². The predicted octanol–water partition coefficient (Wildman–Crippen LogP) is 3.82. The third-order valence-electron chi connectivity index (χ3n) is 3.02. The molecule has 0 spiro atoms. The van der Waals surface area contributed by atoms with Crippen molar-refractivity contribution in [1.82, 2.24) is 4.98 Å². The number of Topliss-reactive ketones (excluding diaryl/α,β-unsaturated/α-hetero) is 1. The van der Waals surface area contributed by atoms with Crippen molar-refractivity contribution in [3.63, 3.8) is 0 Å². The molecule has 22 heavy (non-hydrogen) atoms. The number of hydrogen-bond acceptors (Lipinski definition) is 6. The van der Waals surface area contributed by atoms with Crippen molar-refractivity contribution in [2.45, 2.75) is 6.92 Å². The number of carbonyl (C=O) groups excluding carboxylic acids is 2. The highest BCUT2D eigenvalue weighted by Gasteiger charge is 2.13. The summed E-state index contributed by atoms with van der Waals surface area (Å²) in [6.07, 6.45) is 0. The summed E-state index contributed by atoms with van der Waals surface area (Å²) in [5, 5.41) is 4.95. The SMILES string of the molecule is COc1ccc2nc(NC(=O)c3csc(C(C)=O)c3)sc2c1. The zero-order valence-corrected chi connectivity index (χ0v) is 13.5. The Morgan fingerprint density at radius 2 is 2.09 bits per heavy atom. The van der Waals surface area contributed by atoms with Gasteiger partial charge in [-0.2, -0.15) is 0 Å². The van der Waals surface area contributed by atoms with E-state index in [2.05, 4.69) is 10.3 Å². The fraction of sp³-hybridized carbons (Fsp3) is 0.133. The lowest BCUT2D eigenvalue weighted by molar-refractivity contribution is 0.102. The third kappa shape index (κ3) is 2.86. The molecule has 0 aliphatic heterocycles. The summed E-state index contributed by atoms with van der Waals surface area (Å²) in [6, 6.07) is 7.14. The largest absolute Gasteiger partial charge is 0.497 e. The molecule has 0 atom stereocenters. The first-order valence-electron chi connectivity index (χ1n) is 6.42. The molecule has 3 aromatic rings. The first-order chi connectivity index (χ1) is 10.6. The second-order valence-corrected chi connectivity index (χ2v) is 6.50. The van der Waals surface area contributed by atoms with Crippen LogP contribution >= 0.6 is 22.7 Å². The van der Waals surface area contributed by atoms with Gasteiger partial charge in [0.2, 0.25) is 0 Å². The molecule has 0 saturated carbocycles. The quantitative estimate of drug-likeness (QED) is 0.738. The lowest BCUT2D eigenvalue weighted by Gasteiger charge is -1.97. The normalized spacial score (nSPS) is 10.6. The number of nitrogens with one attached hydrogen (secondary N) is 1. The molecule has 112 valence electrons. The summed E-state index contributed by atoms with van der Waals surface area (Å²) in [5.41, 5.74) is 1.27. The Balaban J connectivity index is 1.82. The van der Waals surface area contributed by atoms with Crippen molar-refractivity contribution < 1.29 is 14.3 Å². The number of thiazole rings is 1. The van der Waals surface area contributed by atoms with Crippen molar-refractivity contribution in [3.05, 3.63) is 40.1 Å². The van der Waals surface area contributed by atoms with Gasteiger partial charge in [-0.15, -0.1) is 11.3 Å². The van der Waals surface area contributed by atoms with Crippen LogP contribution in [0, 0.1) is 0 Å². The molecule has 0 unspecified atom stereocenters. The van der Waals surface area contributed by atoms with Crippen LogP contribution in [0.2, 0.25) is 0 Å². The number of methoxy groups -OCH3 is 1. The monoisotopic (exact) mass is 332 g/mol. The second kappa shape index (κ2) is 5.86. The summed E-state index contributed by atoms with van der Waals surface area (Å²) in [5.74, 6) is 0.434. The van der Waals surface area contributed by atoms with Gasteiger partial charge in [-0.25, -0.2) is 4.98 Å². The van der Waals surface area contributed by atoms with Gasteiger partial charge in [0, 0.05) is 5.38 Å². The summed E-state index contributed by atoms with van der Waals surface area (Å²) in [7, 11) is 1.61. The predicted molar refractivity (Wildman–Crippen MR) is 88.4 cm³/mol. The molecule has 0 fully saturated rings. The third-order valence-corrected chi connectivity index (χ3v) is 4.99. The minimum absolute atomic E-state index is 0.0452. The number of carbonyl (C=O) groups is 2. The number of hydrogen-bond donors (Lipinski definition) is 1. The van der Waals surface area contributed by atoms with Crippen LogP contribution in [-0.2, 0) is 0 Å². The molecule has 0 aliphatic carbocycles. The van der Waals surface area contributed by atoms with Gasteiger partial charge in [-0.1, -0.05) is 11.3 Å². The number of ether oxygens (including phenoxy) is 1. The summed E-state index contributed by atoms with van der Waals surface area (Å²) < 4.78 is 6.10. The Morgan fingerprint density at radius 3 is 2.77 bits per heavy atom. The van der Waals surface area contributed by atoms with E-state index in [4.69, 9.17) is 4.74 Å². The molecular formula is C15H12N2O3S2. The molecule has 1 aromatic carbocycles. The highest BCUT2D eigenvalue weighted by atomic mass is 32.1. The Bertz CT molecular complexity index is 867. The molecular weight excluding hydrogens is 320 g/mol. The fourth-order valence-corrected chi connectivity index (χ4v) is 3.57. The molecule has 3 rings (SSSR count). The standard InChI is InChI=1S/C15H12N2O3S2/c1-8(18)12-5-9(7-21-12)14(19)17-15-16-11-4-3-10(20-2)6-13(11)22-15/h3-7H,1-2H3,(H,16,17,19). The van der Waals surface area contributed by atoms with Gasteiger partial charge in [0.1, 0.15) is 5.75 Å². The lowest BCUT2D eigenvalue weighted by atomic mass is 10.2. The molecule has 0 bridgehead atoms. The average molecular weight is 332 g/mol. The number of fused-ring (bicyclic) bond motifs is 1. The first-order valence-corrected chi connectivity index (χ1v) is 8.12. The maximum atomic E-state index is 12.2. The minimum atomic E-state index is -0.269. The Hall–Kier alpha value is -2.25. The van der Waals surface area contributed by atoms with Gasteiger partial charge >= 0.3 is 0 Å². The summed E-state index contributed by atoms with van der Waals surface area (Å²) in [6.45, 7) is 1.48. The number of nitrogens with zero attached hydrogens (tertiary/aromatic N) is 1. The van der Waals surface area contributed by atoms with Crippen molar-refractivity contribution in [2.75, 3.05) is 12.4 Å². The molecule has 1 N–H and O–H groups in total.